The number of halogens is 1. The van der Waals surface area contributed by atoms with Crippen LogP contribution in [0.5, 0.6) is 5.75 Å². The van der Waals surface area contributed by atoms with Gasteiger partial charge in [-0.15, -0.1) is 0 Å². The highest BCUT2D eigenvalue weighted by Gasteiger charge is 2.23. The molecular weight excluding hydrogens is 255 g/mol. The molecule has 0 amide bonds. The molecule has 3 N–H and O–H groups in total. The van der Waals surface area contributed by atoms with Crippen molar-refractivity contribution in [2.75, 3.05) is 18.2 Å². The molecule has 0 heterocycles. The fourth-order valence-corrected chi connectivity index (χ4v) is 2.76. The molecule has 0 bridgehead atoms. The second-order valence-corrected chi connectivity index (χ2v) is 5.04. The zero-order chi connectivity index (χ0) is 14.1. The van der Waals surface area contributed by atoms with E-state index in [1.165, 1.54) is 23.3 Å². The maximum absolute atomic E-state index is 13.2. The van der Waals surface area contributed by atoms with Crippen LogP contribution < -0.4 is 15.8 Å². The quantitative estimate of drug-likeness (QED) is 0.840. The fraction of sp³-hybridized carbons (Fsp3) is 0.250. The Hall–Kier alpha value is -2.23. The molecule has 0 radical (unpaired) electrons. The second-order valence-electron chi connectivity index (χ2n) is 5.04. The number of benzene rings is 2. The van der Waals surface area contributed by atoms with Crippen molar-refractivity contribution in [3.8, 4) is 5.75 Å². The lowest BCUT2D eigenvalue weighted by atomic mass is 10.1. The van der Waals surface area contributed by atoms with E-state index in [9.17, 15) is 4.39 Å². The first-order valence-corrected chi connectivity index (χ1v) is 6.66. The highest BCUT2D eigenvalue weighted by atomic mass is 19.1. The average molecular weight is 272 g/mol. The number of hydrogen-bond donors (Lipinski definition) is 2. The van der Waals surface area contributed by atoms with E-state index in [-0.39, 0.29) is 11.9 Å². The summed E-state index contributed by atoms with van der Waals surface area (Å²) in [6, 6.07) is 10.8. The molecule has 2 aromatic carbocycles. The van der Waals surface area contributed by atoms with E-state index in [4.69, 9.17) is 10.5 Å². The molecule has 104 valence electrons. The van der Waals surface area contributed by atoms with Crippen molar-refractivity contribution in [3.63, 3.8) is 0 Å². The van der Waals surface area contributed by atoms with Gasteiger partial charge in [-0.3, -0.25) is 0 Å². The topological polar surface area (TPSA) is 47.3 Å². The zero-order valence-corrected chi connectivity index (χ0v) is 11.3. The molecule has 2 aromatic rings. The van der Waals surface area contributed by atoms with Crippen molar-refractivity contribution in [3.05, 3.63) is 53.3 Å². The number of fused-ring (bicyclic) bond motifs is 1. The summed E-state index contributed by atoms with van der Waals surface area (Å²) in [6.07, 6.45) is 2.00. The molecule has 0 fully saturated rings. The maximum atomic E-state index is 13.2. The van der Waals surface area contributed by atoms with Gasteiger partial charge in [0.25, 0.3) is 0 Å². The first-order valence-electron chi connectivity index (χ1n) is 6.66. The maximum Gasteiger partial charge on any atom is 0.144 e. The number of anilines is 2. The van der Waals surface area contributed by atoms with E-state index in [1.54, 1.807) is 13.2 Å². The standard InChI is InChI=1S/C16H17FN2O/c1-20-16-9-11(17)3-7-15(16)19-14-6-2-10-8-12(18)4-5-13(10)14/h3-5,7-9,14,19H,2,6,18H2,1H3. The molecule has 0 spiro atoms. The van der Waals surface area contributed by atoms with Gasteiger partial charge in [-0.2, -0.15) is 0 Å². The predicted octanol–water partition coefficient (Wildman–Crippen LogP) is 3.52. The number of rotatable bonds is 3. The Kier molecular flexibility index (Phi) is 3.22. The van der Waals surface area contributed by atoms with Crippen molar-refractivity contribution in [1.82, 2.24) is 0 Å². The Morgan fingerprint density at radius 1 is 1.25 bits per heavy atom. The van der Waals surface area contributed by atoms with Crippen molar-refractivity contribution in [1.29, 1.82) is 0 Å². The summed E-state index contributed by atoms with van der Waals surface area (Å²) in [5, 5.41) is 3.43. The lowest BCUT2D eigenvalue weighted by Gasteiger charge is -2.18. The van der Waals surface area contributed by atoms with Gasteiger partial charge in [-0.25, -0.2) is 4.39 Å². The minimum Gasteiger partial charge on any atom is -0.494 e. The van der Waals surface area contributed by atoms with Crippen LogP contribution in [0.1, 0.15) is 23.6 Å². The summed E-state index contributed by atoms with van der Waals surface area (Å²) in [5.74, 6) is 0.223. The number of aryl methyl sites for hydroxylation is 1. The molecule has 0 saturated heterocycles. The summed E-state index contributed by atoms with van der Waals surface area (Å²) in [4.78, 5) is 0. The summed E-state index contributed by atoms with van der Waals surface area (Å²) < 4.78 is 18.4. The minimum atomic E-state index is -0.299. The van der Waals surface area contributed by atoms with Crippen molar-refractivity contribution in [2.24, 2.45) is 0 Å². The van der Waals surface area contributed by atoms with Gasteiger partial charge >= 0.3 is 0 Å². The van der Waals surface area contributed by atoms with E-state index in [0.29, 0.717) is 5.75 Å². The third-order valence-corrected chi connectivity index (χ3v) is 3.74. The third-order valence-electron chi connectivity index (χ3n) is 3.74. The average Bonchev–Trinajstić information content (AvgIpc) is 2.83. The second kappa shape index (κ2) is 5.04. The Labute approximate surface area is 117 Å². The van der Waals surface area contributed by atoms with E-state index < -0.39 is 0 Å². The van der Waals surface area contributed by atoms with Crippen LogP contribution in [0.25, 0.3) is 0 Å². The molecular formula is C16H17FN2O. The van der Waals surface area contributed by atoms with Gasteiger partial charge in [0.15, 0.2) is 0 Å². The number of nitrogens with two attached hydrogens (primary N) is 1. The number of ether oxygens (including phenoxy) is 1. The van der Waals surface area contributed by atoms with E-state index in [1.807, 2.05) is 12.1 Å². The van der Waals surface area contributed by atoms with Crippen LogP contribution in [0, 0.1) is 5.82 Å². The summed E-state index contributed by atoms with van der Waals surface area (Å²) in [5.41, 5.74) is 9.95. The smallest absolute Gasteiger partial charge is 0.144 e. The van der Waals surface area contributed by atoms with Crippen LogP contribution in [0.2, 0.25) is 0 Å². The van der Waals surface area contributed by atoms with Crippen LogP contribution in [-0.4, -0.2) is 7.11 Å². The van der Waals surface area contributed by atoms with E-state index in [2.05, 4.69) is 11.4 Å². The molecule has 0 aromatic heterocycles. The van der Waals surface area contributed by atoms with Crippen molar-refractivity contribution in [2.45, 2.75) is 18.9 Å². The van der Waals surface area contributed by atoms with Crippen molar-refractivity contribution >= 4 is 11.4 Å². The molecule has 3 nitrogen and oxygen atoms in total. The molecule has 1 aliphatic rings. The van der Waals surface area contributed by atoms with Gasteiger partial charge in [-0.05, 0) is 48.2 Å². The molecule has 1 atom stereocenters. The lowest BCUT2D eigenvalue weighted by molar-refractivity contribution is 0.412. The highest BCUT2D eigenvalue weighted by Crippen LogP contribution is 2.37. The first kappa shape index (κ1) is 12.8. The van der Waals surface area contributed by atoms with Gasteiger partial charge in [-0.1, -0.05) is 6.07 Å². The molecule has 1 aliphatic carbocycles. The third kappa shape index (κ3) is 2.29. The van der Waals surface area contributed by atoms with Gasteiger partial charge in [0.05, 0.1) is 18.8 Å². The lowest BCUT2D eigenvalue weighted by Crippen LogP contribution is -2.08. The zero-order valence-electron chi connectivity index (χ0n) is 11.3. The van der Waals surface area contributed by atoms with Gasteiger partial charge < -0.3 is 15.8 Å². The predicted molar refractivity (Wildman–Crippen MR) is 78.5 cm³/mol. The van der Waals surface area contributed by atoms with Crippen LogP contribution in [0.4, 0.5) is 15.8 Å². The van der Waals surface area contributed by atoms with Gasteiger partial charge in [0, 0.05) is 11.8 Å². The number of hydrogen-bond acceptors (Lipinski definition) is 3. The monoisotopic (exact) mass is 272 g/mol. The van der Waals surface area contributed by atoms with E-state index in [0.717, 1.165) is 24.2 Å². The fourth-order valence-electron chi connectivity index (χ4n) is 2.76. The molecule has 3 rings (SSSR count). The number of nitrogens with one attached hydrogen (secondary N) is 1. The first-order chi connectivity index (χ1) is 9.67. The van der Waals surface area contributed by atoms with Crippen LogP contribution in [0.3, 0.4) is 0 Å². The SMILES string of the molecule is COc1cc(F)ccc1NC1CCc2cc(N)ccc21. The van der Waals surface area contributed by atoms with Crippen LogP contribution in [-0.2, 0) is 6.42 Å². The van der Waals surface area contributed by atoms with E-state index >= 15 is 0 Å². The van der Waals surface area contributed by atoms with Crippen molar-refractivity contribution < 1.29 is 9.13 Å². The Bertz CT molecular complexity index is 642. The molecule has 4 heteroatoms. The minimum absolute atomic E-state index is 0.213. The number of methoxy groups -OCH3 is 1. The summed E-state index contributed by atoms with van der Waals surface area (Å²) in [6.45, 7) is 0. The Morgan fingerprint density at radius 2 is 2.10 bits per heavy atom. The summed E-state index contributed by atoms with van der Waals surface area (Å²) >= 11 is 0. The van der Waals surface area contributed by atoms with Gasteiger partial charge in [0.1, 0.15) is 11.6 Å². The molecule has 1 unspecified atom stereocenters. The Balaban J connectivity index is 1.87. The van der Waals surface area contributed by atoms with Crippen LogP contribution >= 0.6 is 0 Å². The van der Waals surface area contributed by atoms with Crippen LogP contribution in [0.15, 0.2) is 36.4 Å². The number of nitrogen functional groups attached to an aromatic ring is 1. The molecule has 0 saturated carbocycles. The largest absolute Gasteiger partial charge is 0.494 e. The van der Waals surface area contributed by atoms with Gasteiger partial charge in [0.2, 0.25) is 0 Å². The molecule has 0 aliphatic heterocycles. The summed E-state index contributed by atoms with van der Waals surface area (Å²) in [7, 11) is 1.54. The molecule has 20 heavy (non-hydrogen) atoms. The normalized spacial score (nSPS) is 16.8. The Morgan fingerprint density at radius 3 is 2.90 bits per heavy atom. The highest BCUT2D eigenvalue weighted by molar-refractivity contribution is 5.59.